The zero-order valence-electron chi connectivity index (χ0n) is 12.2. The third-order valence-electron chi connectivity index (χ3n) is 2.89. The second kappa shape index (κ2) is 7.79. The average molecular weight is 264 g/mol. The second-order valence-electron chi connectivity index (χ2n) is 4.77. The molecule has 1 unspecified atom stereocenters. The van der Waals surface area contributed by atoms with Gasteiger partial charge in [-0.3, -0.25) is 4.79 Å². The Morgan fingerprint density at radius 2 is 2.16 bits per heavy atom. The minimum Gasteiger partial charge on any atom is -0.494 e. The SMILES string of the molecule is CCCOc1ccc(NC(=O)C(C)CNC)c(C)c1. The molecule has 0 fully saturated rings. The van der Waals surface area contributed by atoms with Gasteiger partial charge in [-0.25, -0.2) is 0 Å². The summed E-state index contributed by atoms with van der Waals surface area (Å²) in [5.74, 6) is 0.820. The Bertz CT molecular complexity index is 419. The molecule has 0 aliphatic rings. The molecule has 1 amide bonds. The maximum Gasteiger partial charge on any atom is 0.228 e. The zero-order chi connectivity index (χ0) is 14.3. The van der Waals surface area contributed by atoms with Crippen LogP contribution in [0.5, 0.6) is 5.75 Å². The van der Waals surface area contributed by atoms with E-state index in [1.165, 1.54) is 0 Å². The van der Waals surface area contributed by atoms with Gasteiger partial charge in [0.15, 0.2) is 0 Å². The number of aryl methyl sites for hydroxylation is 1. The highest BCUT2D eigenvalue weighted by Crippen LogP contribution is 2.22. The van der Waals surface area contributed by atoms with Crippen LogP contribution >= 0.6 is 0 Å². The highest BCUT2D eigenvalue weighted by atomic mass is 16.5. The number of amides is 1. The lowest BCUT2D eigenvalue weighted by atomic mass is 10.1. The van der Waals surface area contributed by atoms with Gasteiger partial charge in [-0.05, 0) is 44.2 Å². The van der Waals surface area contributed by atoms with Gasteiger partial charge in [-0.1, -0.05) is 13.8 Å². The van der Waals surface area contributed by atoms with Crippen LogP contribution in [-0.2, 0) is 4.79 Å². The van der Waals surface area contributed by atoms with Gasteiger partial charge in [0.1, 0.15) is 5.75 Å². The molecular weight excluding hydrogens is 240 g/mol. The van der Waals surface area contributed by atoms with Crippen molar-refractivity contribution >= 4 is 11.6 Å². The number of anilines is 1. The van der Waals surface area contributed by atoms with Gasteiger partial charge in [0.05, 0.1) is 6.61 Å². The van der Waals surface area contributed by atoms with E-state index in [0.29, 0.717) is 13.2 Å². The molecule has 1 aromatic carbocycles. The first-order chi connectivity index (χ1) is 9.08. The Balaban J connectivity index is 2.66. The van der Waals surface area contributed by atoms with Crippen LogP contribution in [0.4, 0.5) is 5.69 Å². The molecule has 0 aromatic heterocycles. The second-order valence-corrected chi connectivity index (χ2v) is 4.77. The van der Waals surface area contributed by atoms with Crippen molar-refractivity contribution in [3.8, 4) is 5.75 Å². The molecule has 4 nitrogen and oxygen atoms in total. The average Bonchev–Trinajstić information content (AvgIpc) is 2.39. The fraction of sp³-hybridized carbons (Fsp3) is 0.533. The lowest BCUT2D eigenvalue weighted by Gasteiger charge is -2.14. The lowest BCUT2D eigenvalue weighted by molar-refractivity contribution is -0.119. The summed E-state index contributed by atoms with van der Waals surface area (Å²) in [5.41, 5.74) is 1.86. The van der Waals surface area contributed by atoms with Crippen LogP contribution in [-0.4, -0.2) is 26.1 Å². The summed E-state index contributed by atoms with van der Waals surface area (Å²) in [6.07, 6.45) is 0.985. The van der Waals surface area contributed by atoms with E-state index < -0.39 is 0 Å². The molecule has 0 radical (unpaired) electrons. The maximum atomic E-state index is 11.9. The van der Waals surface area contributed by atoms with E-state index in [0.717, 1.165) is 23.4 Å². The molecule has 1 atom stereocenters. The van der Waals surface area contributed by atoms with E-state index in [1.807, 2.05) is 39.1 Å². The third-order valence-corrected chi connectivity index (χ3v) is 2.89. The maximum absolute atomic E-state index is 11.9. The number of nitrogens with one attached hydrogen (secondary N) is 2. The molecule has 4 heteroatoms. The van der Waals surface area contributed by atoms with E-state index >= 15 is 0 Å². The minimum atomic E-state index is -0.0552. The third kappa shape index (κ3) is 4.91. The van der Waals surface area contributed by atoms with Crippen LogP contribution in [0, 0.1) is 12.8 Å². The van der Waals surface area contributed by atoms with Crippen LogP contribution in [0.2, 0.25) is 0 Å². The van der Waals surface area contributed by atoms with Crippen LogP contribution < -0.4 is 15.4 Å². The minimum absolute atomic E-state index is 0.0275. The Kier molecular flexibility index (Phi) is 6.36. The highest BCUT2D eigenvalue weighted by Gasteiger charge is 2.13. The zero-order valence-corrected chi connectivity index (χ0v) is 12.2. The first-order valence-corrected chi connectivity index (χ1v) is 6.77. The van der Waals surface area contributed by atoms with E-state index in [4.69, 9.17) is 4.74 Å². The number of carbonyl (C=O) groups excluding carboxylic acids is 1. The summed E-state index contributed by atoms with van der Waals surface area (Å²) in [4.78, 5) is 11.9. The summed E-state index contributed by atoms with van der Waals surface area (Å²) in [6, 6.07) is 5.74. The molecule has 106 valence electrons. The van der Waals surface area contributed by atoms with Gasteiger partial charge in [-0.2, -0.15) is 0 Å². The van der Waals surface area contributed by atoms with Crippen molar-refractivity contribution in [2.24, 2.45) is 5.92 Å². The van der Waals surface area contributed by atoms with Crippen LogP contribution in [0.25, 0.3) is 0 Å². The fourth-order valence-electron chi connectivity index (χ4n) is 1.74. The fourth-order valence-corrected chi connectivity index (χ4v) is 1.74. The smallest absolute Gasteiger partial charge is 0.228 e. The summed E-state index contributed by atoms with van der Waals surface area (Å²) in [5, 5.41) is 5.94. The van der Waals surface area contributed by atoms with Crippen molar-refractivity contribution < 1.29 is 9.53 Å². The molecule has 0 spiro atoms. The van der Waals surface area contributed by atoms with Crippen molar-refractivity contribution in [1.82, 2.24) is 5.32 Å². The molecule has 0 heterocycles. The Morgan fingerprint density at radius 1 is 1.42 bits per heavy atom. The van der Waals surface area contributed by atoms with Crippen molar-refractivity contribution in [3.63, 3.8) is 0 Å². The normalized spacial score (nSPS) is 12.0. The standard InChI is InChI=1S/C15H24N2O2/c1-5-8-19-13-6-7-14(11(2)9-13)17-15(18)12(3)10-16-4/h6-7,9,12,16H,5,8,10H2,1-4H3,(H,17,18). The van der Waals surface area contributed by atoms with Gasteiger partial charge >= 0.3 is 0 Å². The molecule has 0 saturated heterocycles. The molecular formula is C15H24N2O2. The van der Waals surface area contributed by atoms with Crippen LogP contribution in [0.3, 0.4) is 0 Å². The topological polar surface area (TPSA) is 50.4 Å². The number of hydrogen-bond donors (Lipinski definition) is 2. The summed E-state index contributed by atoms with van der Waals surface area (Å²) in [6.45, 7) is 7.33. The molecule has 19 heavy (non-hydrogen) atoms. The van der Waals surface area contributed by atoms with Gasteiger partial charge in [0.25, 0.3) is 0 Å². The van der Waals surface area contributed by atoms with Crippen molar-refractivity contribution in [1.29, 1.82) is 0 Å². The van der Waals surface area contributed by atoms with Crippen molar-refractivity contribution in [2.45, 2.75) is 27.2 Å². The first-order valence-electron chi connectivity index (χ1n) is 6.77. The van der Waals surface area contributed by atoms with Gasteiger partial charge in [-0.15, -0.1) is 0 Å². The van der Waals surface area contributed by atoms with E-state index in [9.17, 15) is 4.79 Å². The molecule has 2 N–H and O–H groups in total. The van der Waals surface area contributed by atoms with Gasteiger partial charge < -0.3 is 15.4 Å². The number of carbonyl (C=O) groups is 1. The lowest BCUT2D eigenvalue weighted by Crippen LogP contribution is -2.28. The largest absolute Gasteiger partial charge is 0.494 e. The van der Waals surface area contributed by atoms with Crippen LogP contribution in [0.15, 0.2) is 18.2 Å². The highest BCUT2D eigenvalue weighted by molar-refractivity contribution is 5.93. The predicted octanol–water partition coefficient (Wildman–Crippen LogP) is 2.58. The van der Waals surface area contributed by atoms with Crippen molar-refractivity contribution in [3.05, 3.63) is 23.8 Å². The molecule has 0 aliphatic heterocycles. The van der Waals surface area contributed by atoms with E-state index in [1.54, 1.807) is 0 Å². The summed E-state index contributed by atoms with van der Waals surface area (Å²) < 4.78 is 5.56. The van der Waals surface area contributed by atoms with Gasteiger partial charge in [0.2, 0.25) is 5.91 Å². The van der Waals surface area contributed by atoms with E-state index in [-0.39, 0.29) is 11.8 Å². The number of hydrogen-bond acceptors (Lipinski definition) is 3. The molecule has 0 bridgehead atoms. The number of benzene rings is 1. The Labute approximate surface area is 115 Å². The first kappa shape index (κ1) is 15.5. The van der Waals surface area contributed by atoms with Gasteiger partial charge in [0, 0.05) is 18.2 Å². The van der Waals surface area contributed by atoms with E-state index in [2.05, 4.69) is 17.6 Å². The Hall–Kier alpha value is -1.55. The van der Waals surface area contributed by atoms with Crippen LogP contribution in [0.1, 0.15) is 25.8 Å². The quantitative estimate of drug-likeness (QED) is 0.796. The Morgan fingerprint density at radius 3 is 2.74 bits per heavy atom. The van der Waals surface area contributed by atoms with Crippen molar-refractivity contribution in [2.75, 3.05) is 25.5 Å². The number of ether oxygens (including phenoxy) is 1. The summed E-state index contributed by atoms with van der Waals surface area (Å²) in [7, 11) is 1.84. The monoisotopic (exact) mass is 264 g/mol. The predicted molar refractivity (Wildman–Crippen MR) is 78.7 cm³/mol. The number of rotatable bonds is 7. The molecule has 0 saturated carbocycles. The molecule has 1 aromatic rings. The molecule has 0 aliphatic carbocycles. The summed E-state index contributed by atoms with van der Waals surface area (Å²) >= 11 is 0. The molecule has 1 rings (SSSR count).